The van der Waals surface area contributed by atoms with E-state index in [-0.39, 0.29) is 5.78 Å². The summed E-state index contributed by atoms with van der Waals surface area (Å²) in [5.41, 5.74) is 5.00. The monoisotopic (exact) mass is 409 g/mol. The summed E-state index contributed by atoms with van der Waals surface area (Å²) in [4.78, 5) is 12.9. The lowest BCUT2D eigenvalue weighted by molar-refractivity contribution is 0.101. The third-order valence-electron chi connectivity index (χ3n) is 5.74. The summed E-state index contributed by atoms with van der Waals surface area (Å²) in [5.74, 6) is 1.45. The Labute approximate surface area is 181 Å². The fraction of sp³-hybridized carbons (Fsp3) is 0.148. The van der Waals surface area contributed by atoms with Crippen LogP contribution in [0.4, 0.5) is 0 Å². The molecule has 0 atom stereocenters. The van der Waals surface area contributed by atoms with Crippen molar-refractivity contribution in [3.8, 4) is 11.5 Å². The molecule has 0 saturated carbocycles. The molecule has 4 nitrogen and oxygen atoms in total. The standard InChI is InChI=1S/C27H23NO3/c1-3-28-16-20(22-10-6-7-11-24(22)28)14-26-27(29)23-13-12-21(15-25(23)31-26)30-17-19-9-5-4-8-18(19)2/h4-16H,3,17H2,1-2H3/b26-14+. The first-order chi connectivity index (χ1) is 15.1. The summed E-state index contributed by atoms with van der Waals surface area (Å²) >= 11 is 0. The first-order valence-corrected chi connectivity index (χ1v) is 10.5. The van der Waals surface area contributed by atoms with E-state index in [1.807, 2.05) is 36.4 Å². The van der Waals surface area contributed by atoms with Crippen LogP contribution in [0.25, 0.3) is 17.0 Å². The van der Waals surface area contributed by atoms with Gasteiger partial charge in [0.1, 0.15) is 18.1 Å². The second kappa shape index (κ2) is 7.80. The van der Waals surface area contributed by atoms with Crippen LogP contribution in [-0.2, 0) is 13.2 Å². The second-order valence-electron chi connectivity index (χ2n) is 7.70. The van der Waals surface area contributed by atoms with E-state index in [0.29, 0.717) is 29.4 Å². The molecule has 0 bridgehead atoms. The average molecular weight is 409 g/mol. The maximum atomic E-state index is 12.9. The second-order valence-corrected chi connectivity index (χ2v) is 7.70. The van der Waals surface area contributed by atoms with Gasteiger partial charge in [-0.05, 0) is 49.2 Å². The van der Waals surface area contributed by atoms with Gasteiger partial charge in [0.05, 0.1) is 5.56 Å². The van der Waals surface area contributed by atoms with Crippen molar-refractivity contribution in [1.82, 2.24) is 4.57 Å². The summed E-state index contributed by atoms with van der Waals surface area (Å²) in [7, 11) is 0. The number of allylic oxidation sites excluding steroid dienone is 1. The largest absolute Gasteiger partial charge is 0.489 e. The number of hydrogen-bond acceptors (Lipinski definition) is 3. The molecule has 1 aromatic heterocycles. The van der Waals surface area contributed by atoms with Crippen LogP contribution in [0.3, 0.4) is 0 Å². The van der Waals surface area contributed by atoms with Crippen molar-refractivity contribution in [1.29, 1.82) is 0 Å². The number of fused-ring (bicyclic) bond motifs is 2. The molecule has 5 rings (SSSR count). The fourth-order valence-corrected chi connectivity index (χ4v) is 3.98. The van der Waals surface area contributed by atoms with Crippen LogP contribution in [0.5, 0.6) is 11.5 Å². The van der Waals surface area contributed by atoms with Crippen LogP contribution in [0.15, 0.2) is 78.7 Å². The molecule has 4 aromatic rings. The normalized spacial score (nSPS) is 14.1. The number of aryl methyl sites for hydroxylation is 2. The molecule has 154 valence electrons. The Hall–Kier alpha value is -3.79. The van der Waals surface area contributed by atoms with Gasteiger partial charge in [0, 0.05) is 35.3 Å². The summed E-state index contributed by atoms with van der Waals surface area (Å²) in [5, 5.41) is 1.10. The third kappa shape index (κ3) is 3.50. The van der Waals surface area contributed by atoms with Crippen molar-refractivity contribution in [3.05, 3.63) is 101 Å². The van der Waals surface area contributed by atoms with E-state index >= 15 is 0 Å². The number of carbonyl (C=O) groups is 1. The zero-order valence-electron chi connectivity index (χ0n) is 17.6. The third-order valence-corrected chi connectivity index (χ3v) is 5.74. The van der Waals surface area contributed by atoms with Gasteiger partial charge in [-0.3, -0.25) is 4.79 Å². The molecule has 0 unspecified atom stereocenters. The summed E-state index contributed by atoms with van der Waals surface area (Å²) in [6.45, 7) is 5.50. The zero-order chi connectivity index (χ0) is 21.4. The van der Waals surface area contributed by atoms with E-state index in [1.54, 1.807) is 12.1 Å². The van der Waals surface area contributed by atoms with Gasteiger partial charge in [0.25, 0.3) is 0 Å². The van der Waals surface area contributed by atoms with Crippen LogP contribution < -0.4 is 9.47 Å². The predicted molar refractivity (Wildman–Crippen MR) is 123 cm³/mol. The Bertz CT molecular complexity index is 1330. The van der Waals surface area contributed by atoms with E-state index in [0.717, 1.165) is 28.6 Å². The number of aromatic nitrogens is 1. The van der Waals surface area contributed by atoms with Gasteiger partial charge in [-0.1, -0.05) is 42.5 Å². The van der Waals surface area contributed by atoms with Crippen LogP contribution >= 0.6 is 0 Å². The minimum atomic E-state index is -0.103. The van der Waals surface area contributed by atoms with Crippen molar-refractivity contribution in [2.45, 2.75) is 27.0 Å². The molecule has 0 amide bonds. The van der Waals surface area contributed by atoms with E-state index < -0.39 is 0 Å². The van der Waals surface area contributed by atoms with Gasteiger partial charge in [0.2, 0.25) is 5.78 Å². The van der Waals surface area contributed by atoms with Crippen LogP contribution in [0.2, 0.25) is 0 Å². The van der Waals surface area contributed by atoms with Crippen molar-refractivity contribution >= 4 is 22.8 Å². The van der Waals surface area contributed by atoms with Gasteiger partial charge < -0.3 is 14.0 Å². The van der Waals surface area contributed by atoms with Crippen molar-refractivity contribution in [2.75, 3.05) is 0 Å². The number of nitrogens with zero attached hydrogens (tertiary/aromatic N) is 1. The number of ether oxygens (including phenoxy) is 2. The van der Waals surface area contributed by atoms with Crippen molar-refractivity contribution < 1.29 is 14.3 Å². The lowest BCUT2D eigenvalue weighted by Gasteiger charge is -2.09. The molecule has 0 saturated heterocycles. The number of hydrogen-bond donors (Lipinski definition) is 0. The Morgan fingerprint density at radius 1 is 1.03 bits per heavy atom. The SMILES string of the molecule is CCn1cc(/C=C2/Oc3cc(OCc4ccccc4C)ccc3C2=O)c2ccccc21. The van der Waals surface area contributed by atoms with Gasteiger partial charge in [-0.2, -0.15) is 0 Å². The van der Waals surface area contributed by atoms with Crippen molar-refractivity contribution in [3.63, 3.8) is 0 Å². The Kier molecular flexibility index (Phi) is 4.83. The minimum Gasteiger partial charge on any atom is -0.489 e. The number of para-hydroxylation sites is 1. The van der Waals surface area contributed by atoms with Gasteiger partial charge in [0.15, 0.2) is 5.76 Å². The van der Waals surface area contributed by atoms with E-state index in [1.165, 1.54) is 5.56 Å². The first-order valence-electron chi connectivity index (χ1n) is 10.5. The molecule has 0 N–H and O–H groups in total. The number of rotatable bonds is 5. The molecule has 0 fully saturated rings. The molecule has 4 heteroatoms. The lowest BCUT2D eigenvalue weighted by Crippen LogP contribution is -1.98. The van der Waals surface area contributed by atoms with Crippen molar-refractivity contribution in [2.24, 2.45) is 0 Å². The van der Waals surface area contributed by atoms with E-state index in [9.17, 15) is 4.79 Å². The summed E-state index contributed by atoms with van der Waals surface area (Å²) < 4.78 is 14.1. The fourth-order valence-electron chi connectivity index (χ4n) is 3.98. The minimum absolute atomic E-state index is 0.103. The predicted octanol–water partition coefficient (Wildman–Crippen LogP) is 6.16. The Balaban J connectivity index is 1.41. The summed E-state index contributed by atoms with van der Waals surface area (Å²) in [6.07, 6.45) is 3.90. The lowest BCUT2D eigenvalue weighted by atomic mass is 10.1. The highest BCUT2D eigenvalue weighted by atomic mass is 16.5. The molecule has 3 aromatic carbocycles. The first kappa shape index (κ1) is 19.2. The smallest absolute Gasteiger partial charge is 0.231 e. The molecule has 0 radical (unpaired) electrons. The zero-order valence-corrected chi connectivity index (χ0v) is 17.6. The van der Waals surface area contributed by atoms with Gasteiger partial charge in [-0.25, -0.2) is 0 Å². The maximum Gasteiger partial charge on any atom is 0.231 e. The number of carbonyl (C=O) groups excluding carboxylic acids is 1. The molecule has 31 heavy (non-hydrogen) atoms. The highest BCUT2D eigenvalue weighted by Crippen LogP contribution is 2.36. The van der Waals surface area contributed by atoms with Crippen LogP contribution in [-0.4, -0.2) is 10.4 Å². The van der Waals surface area contributed by atoms with Crippen LogP contribution in [0.1, 0.15) is 34.0 Å². The number of ketones is 1. The molecule has 0 aliphatic carbocycles. The summed E-state index contributed by atoms with van der Waals surface area (Å²) in [6, 6.07) is 21.7. The maximum absolute atomic E-state index is 12.9. The molecular formula is C27H23NO3. The average Bonchev–Trinajstić information content (AvgIpc) is 3.30. The topological polar surface area (TPSA) is 40.5 Å². The molecule has 0 spiro atoms. The molecule has 2 heterocycles. The molecular weight excluding hydrogens is 386 g/mol. The quantitative estimate of drug-likeness (QED) is 0.370. The van der Waals surface area contributed by atoms with Gasteiger partial charge in [-0.15, -0.1) is 0 Å². The number of benzene rings is 3. The Morgan fingerprint density at radius 2 is 1.84 bits per heavy atom. The molecule has 1 aliphatic heterocycles. The number of Topliss-reactive ketones (excluding diaryl/α,β-unsaturated/α-hetero) is 1. The Morgan fingerprint density at radius 3 is 2.68 bits per heavy atom. The highest BCUT2D eigenvalue weighted by Gasteiger charge is 2.28. The van der Waals surface area contributed by atoms with E-state index in [4.69, 9.17) is 9.47 Å². The van der Waals surface area contributed by atoms with E-state index in [2.05, 4.69) is 48.9 Å². The van der Waals surface area contributed by atoms with Crippen LogP contribution in [0, 0.1) is 6.92 Å². The molecule has 1 aliphatic rings. The van der Waals surface area contributed by atoms with Gasteiger partial charge >= 0.3 is 0 Å². The highest BCUT2D eigenvalue weighted by molar-refractivity contribution is 6.15.